The van der Waals surface area contributed by atoms with Gasteiger partial charge in [-0.1, -0.05) is 55.7 Å². The smallest absolute Gasteiger partial charge is 0.343 e. The van der Waals surface area contributed by atoms with Crippen LogP contribution in [0.4, 0.5) is 0 Å². The summed E-state index contributed by atoms with van der Waals surface area (Å²) in [5.41, 5.74) is 1.24. The van der Waals surface area contributed by atoms with Crippen molar-refractivity contribution in [1.82, 2.24) is 4.31 Å². The molecule has 7 heteroatoms. The summed E-state index contributed by atoms with van der Waals surface area (Å²) >= 11 is 0. The van der Waals surface area contributed by atoms with Crippen LogP contribution in [0.2, 0.25) is 0 Å². The maximum Gasteiger partial charge on any atom is 0.343 e. The van der Waals surface area contributed by atoms with Crippen molar-refractivity contribution >= 4 is 16.0 Å². The van der Waals surface area contributed by atoms with Gasteiger partial charge in [0.2, 0.25) is 10.0 Å². The minimum Gasteiger partial charge on any atom is -0.489 e. The van der Waals surface area contributed by atoms with E-state index in [4.69, 9.17) is 9.47 Å². The molecule has 0 unspecified atom stereocenters. The number of hydrogen-bond donors (Lipinski definition) is 0. The number of rotatable bonds is 8. The lowest BCUT2D eigenvalue weighted by Gasteiger charge is -2.30. The van der Waals surface area contributed by atoms with Gasteiger partial charge in [-0.05, 0) is 60.9 Å². The molecule has 1 aliphatic rings. The molecule has 3 aromatic rings. The summed E-state index contributed by atoms with van der Waals surface area (Å²) in [4.78, 5) is 12.8. The Kier molecular flexibility index (Phi) is 7.65. The zero-order chi connectivity index (χ0) is 24.0. The van der Waals surface area contributed by atoms with Crippen LogP contribution in [-0.4, -0.2) is 31.8 Å². The minimum atomic E-state index is -3.69. The monoisotopic (exact) mass is 479 g/mol. The summed E-state index contributed by atoms with van der Waals surface area (Å²) in [5.74, 6) is 0.391. The Balaban J connectivity index is 1.40. The molecule has 0 saturated heterocycles. The van der Waals surface area contributed by atoms with Crippen LogP contribution in [0.25, 0.3) is 0 Å². The van der Waals surface area contributed by atoms with Crippen LogP contribution < -0.4 is 9.47 Å². The molecule has 34 heavy (non-hydrogen) atoms. The largest absolute Gasteiger partial charge is 0.489 e. The van der Waals surface area contributed by atoms with E-state index in [-0.39, 0.29) is 16.5 Å². The van der Waals surface area contributed by atoms with Crippen molar-refractivity contribution in [2.75, 3.05) is 7.05 Å². The lowest BCUT2D eigenvalue weighted by molar-refractivity contribution is 0.0734. The van der Waals surface area contributed by atoms with E-state index in [0.717, 1.165) is 37.7 Å². The van der Waals surface area contributed by atoms with Gasteiger partial charge in [0.15, 0.2) is 0 Å². The molecule has 0 aromatic heterocycles. The first-order valence-electron chi connectivity index (χ1n) is 11.5. The highest BCUT2D eigenvalue weighted by atomic mass is 32.2. The van der Waals surface area contributed by atoms with E-state index >= 15 is 0 Å². The van der Waals surface area contributed by atoms with Crippen LogP contribution in [-0.2, 0) is 16.6 Å². The molecule has 0 heterocycles. The number of carbonyl (C=O) groups is 1. The maximum atomic E-state index is 13.1. The molecule has 1 fully saturated rings. The van der Waals surface area contributed by atoms with Gasteiger partial charge in [-0.3, -0.25) is 0 Å². The number of hydrogen-bond acceptors (Lipinski definition) is 5. The van der Waals surface area contributed by atoms with Gasteiger partial charge in [0.25, 0.3) is 0 Å². The van der Waals surface area contributed by atoms with E-state index in [1.807, 2.05) is 30.3 Å². The number of carbonyl (C=O) groups excluding carboxylic acids is 1. The number of ether oxygens (including phenoxy) is 2. The Bertz CT molecular complexity index is 1200. The molecule has 0 amide bonds. The number of esters is 1. The molecule has 0 spiro atoms. The van der Waals surface area contributed by atoms with Crippen LogP contribution in [0.3, 0.4) is 0 Å². The average Bonchev–Trinajstić information content (AvgIpc) is 2.89. The summed E-state index contributed by atoms with van der Waals surface area (Å²) in [6.07, 6.45) is 4.94. The summed E-state index contributed by atoms with van der Waals surface area (Å²) in [6, 6.07) is 22.6. The van der Waals surface area contributed by atoms with Gasteiger partial charge in [-0.15, -0.1) is 0 Å². The Morgan fingerprint density at radius 1 is 0.882 bits per heavy atom. The minimum absolute atomic E-state index is 0.00279. The average molecular weight is 480 g/mol. The van der Waals surface area contributed by atoms with Gasteiger partial charge in [-0.25, -0.2) is 13.2 Å². The standard InChI is InChI=1S/C27H29NO5S/c1-28(23-12-6-3-7-13-23)34(30,31)26-14-8-11-22(19-26)27(29)33-25-17-15-24(16-18-25)32-20-21-9-4-2-5-10-21/h2,4-5,8-11,14-19,23H,3,6-7,12-13,20H2,1H3. The van der Waals surface area contributed by atoms with Gasteiger partial charge in [-0.2, -0.15) is 4.31 Å². The third-order valence-corrected chi connectivity index (χ3v) is 8.02. The molecule has 0 bridgehead atoms. The van der Waals surface area contributed by atoms with E-state index in [0.29, 0.717) is 18.1 Å². The van der Waals surface area contributed by atoms with Crippen molar-refractivity contribution in [3.8, 4) is 11.5 Å². The van der Waals surface area contributed by atoms with Crippen molar-refractivity contribution < 1.29 is 22.7 Å². The van der Waals surface area contributed by atoms with E-state index in [9.17, 15) is 13.2 Å². The second-order valence-electron chi connectivity index (χ2n) is 8.48. The predicted molar refractivity (Wildman–Crippen MR) is 130 cm³/mol. The molecular weight excluding hydrogens is 450 g/mol. The molecule has 6 nitrogen and oxygen atoms in total. The molecule has 0 aliphatic heterocycles. The third-order valence-electron chi connectivity index (χ3n) is 6.12. The predicted octanol–water partition coefficient (Wildman–Crippen LogP) is 5.44. The topological polar surface area (TPSA) is 72.9 Å². The number of sulfonamides is 1. The first-order valence-corrected chi connectivity index (χ1v) is 12.9. The fourth-order valence-corrected chi connectivity index (χ4v) is 5.56. The summed E-state index contributed by atoms with van der Waals surface area (Å²) < 4.78 is 38.9. The van der Waals surface area contributed by atoms with E-state index in [2.05, 4.69) is 0 Å². The fourth-order valence-electron chi connectivity index (χ4n) is 4.10. The van der Waals surface area contributed by atoms with Crippen LogP contribution in [0, 0.1) is 0 Å². The highest BCUT2D eigenvalue weighted by Gasteiger charge is 2.29. The second kappa shape index (κ2) is 10.8. The van der Waals surface area contributed by atoms with Crippen molar-refractivity contribution in [2.45, 2.75) is 49.6 Å². The van der Waals surface area contributed by atoms with Crippen molar-refractivity contribution in [3.05, 3.63) is 90.0 Å². The van der Waals surface area contributed by atoms with E-state index in [1.54, 1.807) is 43.4 Å². The highest BCUT2D eigenvalue weighted by Crippen LogP contribution is 2.27. The Labute approximate surface area is 201 Å². The molecule has 3 aromatic carbocycles. The molecule has 0 radical (unpaired) electrons. The first kappa shape index (κ1) is 24.0. The second-order valence-corrected chi connectivity index (χ2v) is 10.5. The van der Waals surface area contributed by atoms with Crippen molar-refractivity contribution in [3.63, 3.8) is 0 Å². The summed E-state index contributed by atoms with van der Waals surface area (Å²) in [6.45, 7) is 0.441. The molecule has 0 N–H and O–H groups in total. The normalized spacial score (nSPS) is 14.6. The van der Waals surface area contributed by atoms with Crippen LogP contribution in [0.15, 0.2) is 83.8 Å². The van der Waals surface area contributed by atoms with E-state index in [1.165, 1.54) is 16.4 Å². The van der Waals surface area contributed by atoms with Gasteiger partial charge in [0.1, 0.15) is 18.1 Å². The SMILES string of the molecule is CN(C1CCCCC1)S(=O)(=O)c1cccc(C(=O)Oc2ccc(OCc3ccccc3)cc2)c1. The first-order chi connectivity index (χ1) is 16.4. The van der Waals surface area contributed by atoms with Gasteiger partial charge in [0.05, 0.1) is 10.5 Å². The molecule has 0 atom stereocenters. The maximum absolute atomic E-state index is 13.1. The highest BCUT2D eigenvalue weighted by molar-refractivity contribution is 7.89. The van der Waals surface area contributed by atoms with Crippen LogP contribution in [0.1, 0.15) is 48.0 Å². The number of nitrogens with zero attached hydrogens (tertiary/aromatic N) is 1. The quantitative estimate of drug-likeness (QED) is 0.318. The van der Waals surface area contributed by atoms with E-state index < -0.39 is 16.0 Å². The summed E-state index contributed by atoms with van der Waals surface area (Å²) in [7, 11) is -2.07. The fraction of sp³-hybridized carbons (Fsp3) is 0.296. The van der Waals surface area contributed by atoms with Gasteiger partial charge in [0, 0.05) is 13.1 Å². The van der Waals surface area contributed by atoms with Crippen LogP contribution >= 0.6 is 0 Å². The Morgan fingerprint density at radius 2 is 1.56 bits per heavy atom. The Morgan fingerprint density at radius 3 is 2.26 bits per heavy atom. The number of benzene rings is 3. The molecule has 1 saturated carbocycles. The lowest BCUT2D eigenvalue weighted by atomic mass is 9.96. The molecule has 178 valence electrons. The van der Waals surface area contributed by atoms with Crippen LogP contribution in [0.5, 0.6) is 11.5 Å². The third kappa shape index (κ3) is 5.85. The zero-order valence-corrected chi connectivity index (χ0v) is 20.0. The lowest BCUT2D eigenvalue weighted by Crippen LogP contribution is -2.38. The Hall–Kier alpha value is -3.16. The molecule has 1 aliphatic carbocycles. The molecule has 4 rings (SSSR count). The van der Waals surface area contributed by atoms with Crippen molar-refractivity contribution in [2.24, 2.45) is 0 Å². The zero-order valence-electron chi connectivity index (χ0n) is 19.2. The van der Waals surface area contributed by atoms with Gasteiger partial charge >= 0.3 is 5.97 Å². The van der Waals surface area contributed by atoms with Crippen molar-refractivity contribution in [1.29, 1.82) is 0 Å². The molecular formula is C27H29NO5S. The summed E-state index contributed by atoms with van der Waals surface area (Å²) in [5, 5.41) is 0. The van der Waals surface area contributed by atoms with Gasteiger partial charge < -0.3 is 9.47 Å².